The van der Waals surface area contributed by atoms with Crippen molar-refractivity contribution >= 4 is 17.7 Å². The monoisotopic (exact) mass is 252 g/mol. The number of rotatable bonds is 2. The minimum Gasteiger partial charge on any atom is -0.507 e. The van der Waals surface area contributed by atoms with Gasteiger partial charge in [0, 0.05) is 11.8 Å². The van der Waals surface area contributed by atoms with Crippen LogP contribution in [-0.4, -0.2) is 22.7 Å². The van der Waals surface area contributed by atoms with Gasteiger partial charge in [-0.25, -0.2) is 4.79 Å². The smallest absolute Gasteiger partial charge is 0.412 e. The second-order valence-electron chi connectivity index (χ2n) is 4.72. The first-order chi connectivity index (χ1) is 8.19. The normalized spacial score (nSPS) is 10.8. The number of primary amides is 1. The van der Waals surface area contributed by atoms with Crippen molar-refractivity contribution in [1.29, 1.82) is 0 Å². The molecule has 0 saturated heterocycles. The molecule has 4 N–H and O–H groups in total. The highest BCUT2D eigenvalue weighted by atomic mass is 16.6. The first-order valence-electron chi connectivity index (χ1n) is 5.32. The van der Waals surface area contributed by atoms with Crippen LogP contribution in [0.3, 0.4) is 0 Å². The Bertz CT molecular complexity index is 477. The fourth-order valence-corrected chi connectivity index (χ4v) is 1.24. The largest absolute Gasteiger partial charge is 0.507 e. The number of carbonyl (C=O) groups is 2. The molecule has 0 saturated carbocycles. The Hall–Kier alpha value is -2.24. The zero-order valence-electron chi connectivity index (χ0n) is 10.5. The van der Waals surface area contributed by atoms with Gasteiger partial charge in [0.1, 0.15) is 11.4 Å². The van der Waals surface area contributed by atoms with E-state index >= 15 is 0 Å². The molecule has 0 atom stereocenters. The second kappa shape index (κ2) is 4.95. The molecular formula is C12H16N2O4. The quantitative estimate of drug-likeness (QED) is 0.747. The molecule has 1 aromatic rings. The van der Waals surface area contributed by atoms with E-state index in [2.05, 4.69) is 5.32 Å². The fraction of sp³-hybridized carbons (Fsp3) is 0.333. The lowest BCUT2D eigenvalue weighted by atomic mass is 10.1. The van der Waals surface area contributed by atoms with Crippen LogP contribution in [-0.2, 0) is 4.74 Å². The first kappa shape index (κ1) is 13.8. The first-order valence-corrected chi connectivity index (χ1v) is 5.32. The number of phenols is 1. The molecule has 1 rings (SSSR count). The molecule has 0 aliphatic rings. The van der Waals surface area contributed by atoms with Gasteiger partial charge in [0.2, 0.25) is 0 Å². The molecule has 18 heavy (non-hydrogen) atoms. The minimum atomic E-state index is -0.740. The Morgan fingerprint density at radius 3 is 2.39 bits per heavy atom. The summed E-state index contributed by atoms with van der Waals surface area (Å²) in [6, 6.07) is 4.00. The summed E-state index contributed by atoms with van der Waals surface area (Å²) in [5.41, 5.74) is 4.73. The van der Waals surface area contributed by atoms with Gasteiger partial charge in [-0.05, 0) is 32.9 Å². The van der Waals surface area contributed by atoms with Crippen LogP contribution >= 0.6 is 0 Å². The van der Waals surface area contributed by atoms with Crippen molar-refractivity contribution in [3.05, 3.63) is 23.8 Å². The maximum absolute atomic E-state index is 11.5. The molecule has 0 unspecified atom stereocenters. The van der Waals surface area contributed by atoms with Crippen LogP contribution in [0.15, 0.2) is 18.2 Å². The van der Waals surface area contributed by atoms with Gasteiger partial charge in [0.25, 0.3) is 5.91 Å². The SMILES string of the molecule is CC(C)(C)OC(=O)Nc1ccc(C(N)=O)c(O)c1. The van der Waals surface area contributed by atoms with E-state index in [-0.39, 0.29) is 11.3 Å². The molecule has 0 fully saturated rings. The Kier molecular flexibility index (Phi) is 3.80. The Labute approximate surface area is 105 Å². The van der Waals surface area contributed by atoms with Crippen molar-refractivity contribution in [3.8, 4) is 5.75 Å². The van der Waals surface area contributed by atoms with E-state index in [1.807, 2.05) is 0 Å². The molecule has 2 amide bonds. The van der Waals surface area contributed by atoms with E-state index < -0.39 is 17.6 Å². The molecule has 0 radical (unpaired) electrons. The van der Waals surface area contributed by atoms with Crippen LogP contribution in [0, 0.1) is 0 Å². The predicted molar refractivity (Wildman–Crippen MR) is 66.5 cm³/mol. The summed E-state index contributed by atoms with van der Waals surface area (Å²) in [5.74, 6) is -1.03. The van der Waals surface area contributed by atoms with Crippen molar-refractivity contribution in [2.75, 3.05) is 5.32 Å². The van der Waals surface area contributed by atoms with Gasteiger partial charge >= 0.3 is 6.09 Å². The molecule has 0 aliphatic carbocycles. The van der Waals surface area contributed by atoms with Crippen molar-refractivity contribution in [2.45, 2.75) is 26.4 Å². The van der Waals surface area contributed by atoms with Gasteiger partial charge in [-0.3, -0.25) is 10.1 Å². The van der Waals surface area contributed by atoms with Crippen LogP contribution in [0.25, 0.3) is 0 Å². The lowest BCUT2D eigenvalue weighted by molar-refractivity contribution is 0.0636. The van der Waals surface area contributed by atoms with E-state index in [4.69, 9.17) is 10.5 Å². The molecular weight excluding hydrogens is 236 g/mol. The Balaban J connectivity index is 2.78. The number of carbonyl (C=O) groups excluding carboxylic acids is 2. The van der Waals surface area contributed by atoms with Crippen LogP contribution in [0.4, 0.5) is 10.5 Å². The van der Waals surface area contributed by atoms with Crippen LogP contribution in [0.5, 0.6) is 5.75 Å². The van der Waals surface area contributed by atoms with E-state index in [0.29, 0.717) is 5.69 Å². The Morgan fingerprint density at radius 2 is 1.94 bits per heavy atom. The molecule has 0 spiro atoms. The summed E-state index contributed by atoms with van der Waals surface area (Å²) in [6.45, 7) is 5.21. The standard InChI is InChI=1S/C12H16N2O4/c1-12(2,3)18-11(17)14-7-4-5-8(10(13)16)9(15)6-7/h4-6,15H,1-3H3,(H2,13,16)(H,14,17). The molecule has 6 heteroatoms. The number of hydrogen-bond donors (Lipinski definition) is 3. The van der Waals surface area contributed by atoms with Crippen molar-refractivity contribution < 1.29 is 19.4 Å². The summed E-state index contributed by atoms with van der Waals surface area (Å²) in [6.07, 6.45) is -0.645. The number of amides is 2. The molecule has 6 nitrogen and oxygen atoms in total. The third-order valence-corrected chi connectivity index (χ3v) is 1.91. The predicted octanol–water partition coefficient (Wildman–Crippen LogP) is 1.84. The zero-order valence-corrected chi connectivity index (χ0v) is 10.5. The maximum Gasteiger partial charge on any atom is 0.412 e. The fourth-order valence-electron chi connectivity index (χ4n) is 1.24. The van der Waals surface area contributed by atoms with Gasteiger partial charge < -0.3 is 15.6 Å². The van der Waals surface area contributed by atoms with Gasteiger partial charge in [0.05, 0.1) is 5.56 Å². The van der Waals surface area contributed by atoms with Crippen molar-refractivity contribution in [3.63, 3.8) is 0 Å². The van der Waals surface area contributed by atoms with E-state index in [1.54, 1.807) is 20.8 Å². The average Bonchev–Trinajstić information content (AvgIpc) is 2.13. The summed E-state index contributed by atoms with van der Waals surface area (Å²) in [4.78, 5) is 22.3. The summed E-state index contributed by atoms with van der Waals surface area (Å²) in [5, 5.41) is 11.9. The molecule has 0 heterocycles. The van der Waals surface area contributed by atoms with Crippen LogP contribution < -0.4 is 11.1 Å². The van der Waals surface area contributed by atoms with Crippen molar-refractivity contribution in [1.82, 2.24) is 0 Å². The van der Waals surface area contributed by atoms with Crippen molar-refractivity contribution in [2.24, 2.45) is 5.73 Å². The summed E-state index contributed by atoms with van der Waals surface area (Å²) >= 11 is 0. The second-order valence-corrected chi connectivity index (χ2v) is 4.72. The summed E-state index contributed by atoms with van der Waals surface area (Å²) < 4.78 is 5.04. The van der Waals surface area contributed by atoms with E-state index in [9.17, 15) is 14.7 Å². The van der Waals surface area contributed by atoms with Crippen LogP contribution in [0.1, 0.15) is 31.1 Å². The van der Waals surface area contributed by atoms with E-state index in [0.717, 1.165) is 0 Å². The average molecular weight is 252 g/mol. The van der Waals surface area contributed by atoms with Crippen LogP contribution in [0.2, 0.25) is 0 Å². The van der Waals surface area contributed by atoms with Gasteiger partial charge in [-0.2, -0.15) is 0 Å². The lowest BCUT2D eigenvalue weighted by Gasteiger charge is -2.19. The molecule has 0 aromatic heterocycles. The third kappa shape index (κ3) is 3.97. The third-order valence-electron chi connectivity index (χ3n) is 1.91. The van der Waals surface area contributed by atoms with Gasteiger partial charge in [-0.15, -0.1) is 0 Å². The minimum absolute atomic E-state index is 0.00950. The van der Waals surface area contributed by atoms with E-state index in [1.165, 1.54) is 18.2 Å². The summed E-state index contributed by atoms with van der Waals surface area (Å²) in [7, 11) is 0. The number of nitrogens with one attached hydrogen (secondary N) is 1. The highest BCUT2D eigenvalue weighted by Crippen LogP contribution is 2.22. The number of anilines is 1. The molecule has 0 aliphatic heterocycles. The highest BCUT2D eigenvalue weighted by Gasteiger charge is 2.16. The number of nitrogens with two attached hydrogens (primary N) is 1. The number of ether oxygens (including phenoxy) is 1. The number of benzene rings is 1. The molecule has 0 bridgehead atoms. The Morgan fingerprint density at radius 1 is 1.33 bits per heavy atom. The number of hydrogen-bond acceptors (Lipinski definition) is 4. The zero-order chi connectivity index (χ0) is 13.9. The van der Waals surface area contributed by atoms with Gasteiger partial charge in [-0.1, -0.05) is 0 Å². The maximum atomic E-state index is 11.5. The highest BCUT2D eigenvalue weighted by molar-refractivity contribution is 5.96. The lowest BCUT2D eigenvalue weighted by Crippen LogP contribution is -2.27. The number of aromatic hydroxyl groups is 1. The molecule has 98 valence electrons. The molecule has 1 aromatic carbocycles. The van der Waals surface area contributed by atoms with Gasteiger partial charge in [0.15, 0.2) is 0 Å². The topological polar surface area (TPSA) is 102 Å².